The summed E-state index contributed by atoms with van der Waals surface area (Å²) in [5.74, 6) is -1.34. The molecule has 1 heterocycles. The summed E-state index contributed by atoms with van der Waals surface area (Å²) in [6, 6.07) is 16.2. The quantitative estimate of drug-likeness (QED) is 0.726. The molecule has 2 aromatic carbocycles. The first-order chi connectivity index (χ1) is 16.0. The van der Waals surface area contributed by atoms with Crippen LogP contribution in [0.1, 0.15) is 29.9 Å². The lowest BCUT2D eigenvalue weighted by atomic mass is 9.79. The van der Waals surface area contributed by atoms with Gasteiger partial charge in [-0.2, -0.15) is 0 Å². The number of hydrogen-bond acceptors (Lipinski definition) is 5. The molecule has 5 rings (SSSR count). The summed E-state index contributed by atoms with van der Waals surface area (Å²) >= 11 is 0. The fraction of sp³-hybridized carbons (Fsp3) is 0.400. The van der Waals surface area contributed by atoms with E-state index in [-0.39, 0.29) is 43.5 Å². The van der Waals surface area contributed by atoms with Crippen molar-refractivity contribution >= 4 is 18.0 Å². The fourth-order valence-electron chi connectivity index (χ4n) is 5.00. The van der Waals surface area contributed by atoms with E-state index in [9.17, 15) is 14.4 Å². The molecule has 3 aliphatic rings. The lowest BCUT2D eigenvalue weighted by molar-refractivity contribution is -0.161. The molecule has 0 radical (unpaired) electrons. The van der Waals surface area contributed by atoms with E-state index in [1.165, 1.54) is 11.1 Å². The largest absolute Gasteiger partial charge is 0.479 e. The predicted molar refractivity (Wildman–Crippen MR) is 119 cm³/mol. The number of carbonyl (C=O) groups excluding carboxylic acids is 2. The van der Waals surface area contributed by atoms with Crippen molar-refractivity contribution < 1.29 is 29.0 Å². The van der Waals surface area contributed by atoms with Crippen LogP contribution in [-0.4, -0.2) is 66.4 Å². The van der Waals surface area contributed by atoms with Gasteiger partial charge in [0.05, 0.1) is 13.2 Å². The zero-order chi connectivity index (χ0) is 22.9. The van der Waals surface area contributed by atoms with Crippen LogP contribution in [0.4, 0.5) is 4.79 Å². The van der Waals surface area contributed by atoms with Gasteiger partial charge in [0, 0.05) is 24.4 Å². The first-order valence-corrected chi connectivity index (χ1v) is 11.3. The number of alkyl carbamates (subject to hydrolysis) is 1. The molecule has 2 amide bonds. The molecule has 172 valence electrons. The number of fused-ring (bicyclic) bond motifs is 3. The average molecular weight is 450 g/mol. The average Bonchev–Trinajstić information content (AvgIpc) is 3.13. The van der Waals surface area contributed by atoms with Gasteiger partial charge in [-0.3, -0.25) is 4.79 Å². The minimum atomic E-state index is -1.06. The lowest BCUT2D eigenvalue weighted by Crippen LogP contribution is -2.54. The Balaban J connectivity index is 1.11. The number of carboxylic acids is 1. The third-order valence-electron chi connectivity index (χ3n) is 6.81. The van der Waals surface area contributed by atoms with Gasteiger partial charge in [-0.1, -0.05) is 48.5 Å². The predicted octanol–water partition coefficient (Wildman–Crippen LogP) is 2.62. The van der Waals surface area contributed by atoms with Crippen molar-refractivity contribution in [1.82, 2.24) is 10.2 Å². The Bertz CT molecular complexity index is 1030. The monoisotopic (exact) mass is 450 g/mol. The van der Waals surface area contributed by atoms with Crippen LogP contribution in [0.25, 0.3) is 11.1 Å². The molecular weight excluding hydrogens is 424 g/mol. The summed E-state index contributed by atoms with van der Waals surface area (Å²) in [5.41, 5.74) is 4.67. The number of carbonyl (C=O) groups is 3. The summed E-state index contributed by atoms with van der Waals surface area (Å²) in [6.45, 7) is 0.925. The Morgan fingerprint density at radius 1 is 1.03 bits per heavy atom. The van der Waals surface area contributed by atoms with Gasteiger partial charge in [-0.15, -0.1) is 0 Å². The normalized spacial score (nSPS) is 23.8. The second-order valence-corrected chi connectivity index (χ2v) is 8.82. The molecule has 1 atom stereocenters. The number of nitrogens with zero attached hydrogens (tertiary/aromatic N) is 1. The van der Waals surface area contributed by atoms with Crippen LogP contribution in [0.3, 0.4) is 0 Å². The Morgan fingerprint density at radius 3 is 2.30 bits per heavy atom. The second-order valence-electron chi connectivity index (χ2n) is 8.82. The summed E-state index contributed by atoms with van der Waals surface area (Å²) in [6.07, 6.45) is -0.404. The van der Waals surface area contributed by atoms with E-state index in [0.29, 0.717) is 19.4 Å². The van der Waals surface area contributed by atoms with Gasteiger partial charge in [0.25, 0.3) is 0 Å². The summed E-state index contributed by atoms with van der Waals surface area (Å²) in [4.78, 5) is 37.7. The van der Waals surface area contributed by atoms with E-state index in [4.69, 9.17) is 14.6 Å². The standard InChI is InChI=1S/C25H26N2O6/c28-23(27-9-10-32-22(13-27)24(29)30)15-11-16(12-15)26-25(31)33-14-21-19-7-3-1-5-17(19)18-6-2-4-8-20(18)21/h1-8,15-16,21-22H,9-14H2,(H,26,31)(H,29,30). The molecule has 8 nitrogen and oxygen atoms in total. The highest BCUT2D eigenvalue weighted by atomic mass is 16.5. The van der Waals surface area contributed by atoms with E-state index in [1.807, 2.05) is 24.3 Å². The molecule has 0 bridgehead atoms. The molecule has 1 saturated carbocycles. The van der Waals surface area contributed by atoms with Gasteiger partial charge < -0.3 is 24.8 Å². The number of morpholine rings is 1. The molecule has 1 aliphatic heterocycles. The smallest absolute Gasteiger partial charge is 0.407 e. The Kier molecular flexibility index (Phi) is 5.76. The molecule has 1 unspecified atom stereocenters. The minimum absolute atomic E-state index is 0.00219. The Labute approximate surface area is 191 Å². The van der Waals surface area contributed by atoms with Crippen molar-refractivity contribution in [2.45, 2.75) is 30.9 Å². The number of aliphatic carboxylic acids is 1. The fourth-order valence-corrected chi connectivity index (χ4v) is 5.00. The SMILES string of the molecule is O=C(NC1CC(C(=O)N2CCOC(C(=O)O)C2)C1)OCC1c2ccccc2-c2ccccc21. The summed E-state index contributed by atoms with van der Waals surface area (Å²) < 4.78 is 10.7. The van der Waals surface area contributed by atoms with Gasteiger partial charge >= 0.3 is 12.1 Å². The van der Waals surface area contributed by atoms with Crippen molar-refractivity contribution in [1.29, 1.82) is 0 Å². The van der Waals surface area contributed by atoms with Gasteiger partial charge in [-0.25, -0.2) is 9.59 Å². The number of amides is 2. The Hall–Kier alpha value is -3.39. The van der Waals surface area contributed by atoms with Crippen LogP contribution >= 0.6 is 0 Å². The molecule has 2 fully saturated rings. The number of ether oxygens (including phenoxy) is 2. The maximum absolute atomic E-state index is 12.6. The van der Waals surface area contributed by atoms with Gasteiger partial charge in [0.2, 0.25) is 5.91 Å². The Morgan fingerprint density at radius 2 is 1.67 bits per heavy atom. The molecule has 1 saturated heterocycles. The van der Waals surface area contributed by atoms with Gasteiger partial charge in [0.1, 0.15) is 6.61 Å². The van der Waals surface area contributed by atoms with Crippen LogP contribution < -0.4 is 5.32 Å². The second kappa shape index (κ2) is 8.86. The zero-order valence-corrected chi connectivity index (χ0v) is 18.1. The first-order valence-electron chi connectivity index (χ1n) is 11.3. The highest BCUT2D eigenvalue weighted by molar-refractivity contribution is 5.82. The van der Waals surface area contributed by atoms with Crippen LogP contribution in [0, 0.1) is 5.92 Å². The van der Waals surface area contributed by atoms with Gasteiger partial charge in [0.15, 0.2) is 6.10 Å². The van der Waals surface area contributed by atoms with Crippen molar-refractivity contribution in [3.63, 3.8) is 0 Å². The maximum Gasteiger partial charge on any atom is 0.407 e. The maximum atomic E-state index is 12.6. The number of rotatable bonds is 5. The van der Waals surface area contributed by atoms with E-state index in [2.05, 4.69) is 29.6 Å². The highest BCUT2D eigenvalue weighted by Crippen LogP contribution is 2.44. The minimum Gasteiger partial charge on any atom is -0.479 e. The molecule has 8 heteroatoms. The third kappa shape index (κ3) is 4.18. The van der Waals surface area contributed by atoms with Crippen LogP contribution in [0.15, 0.2) is 48.5 Å². The van der Waals surface area contributed by atoms with Crippen molar-refractivity contribution in [3.05, 3.63) is 59.7 Å². The van der Waals surface area contributed by atoms with Gasteiger partial charge in [-0.05, 0) is 35.1 Å². The molecule has 0 spiro atoms. The molecular formula is C25H26N2O6. The number of nitrogens with one attached hydrogen (secondary N) is 1. The molecule has 2 N–H and O–H groups in total. The zero-order valence-electron chi connectivity index (χ0n) is 18.1. The third-order valence-corrected chi connectivity index (χ3v) is 6.81. The van der Waals surface area contributed by atoms with Crippen LogP contribution in [-0.2, 0) is 19.1 Å². The van der Waals surface area contributed by atoms with Crippen LogP contribution in [0.5, 0.6) is 0 Å². The van der Waals surface area contributed by atoms with Crippen molar-refractivity contribution in [2.75, 3.05) is 26.3 Å². The van der Waals surface area contributed by atoms with Crippen molar-refractivity contribution in [3.8, 4) is 11.1 Å². The van der Waals surface area contributed by atoms with E-state index in [1.54, 1.807) is 4.90 Å². The van der Waals surface area contributed by atoms with Crippen LogP contribution in [0.2, 0.25) is 0 Å². The summed E-state index contributed by atoms with van der Waals surface area (Å²) in [5, 5.41) is 12.0. The van der Waals surface area contributed by atoms with Crippen molar-refractivity contribution in [2.24, 2.45) is 5.92 Å². The van der Waals surface area contributed by atoms with E-state index >= 15 is 0 Å². The lowest BCUT2D eigenvalue weighted by Gasteiger charge is -2.39. The topological polar surface area (TPSA) is 105 Å². The molecule has 2 aromatic rings. The molecule has 33 heavy (non-hydrogen) atoms. The first kappa shape index (κ1) is 21.5. The highest BCUT2D eigenvalue weighted by Gasteiger charge is 2.40. The number of carboxylic acid groups (broad SMARTS) is 1. The molecule has 0 aromatic heterocycles. The summed E-state index contributed by atoms with van der Waals surface area (Å²) in [7, 11) is 0. The van der Waals surface area contributed by atoms with E-state index < -0.39 is 18.2 Å². The number of benzene rings is 2. The van der Waals surface area contributed by atoms with E-state index in [0.717, 1.165) is 11.1 Å². The molecule has 2 aliphatic carbocycles. The number of hydrogen-bond donors (Lipinski definition) is 2.